The summed E-state index contributed by atoms with van der Waals surface area (Å²) in [6.45, 7) is 2.99. The van der Waals surface area contributed by atoms with Crippen molar-refractivity contribution in [3.05, 3.63) is 95.3 Å². The summed E-state index contributed by atoms with van der Waals surface area (Å²) in [7, 11) is 1.57. The van der Waals surface area contributed by atoms with Crippen LogP contribution in [0.1, 0.15) is 28.8 Å². The van der Waals surface area contributed by atoms with Crippen LogP contribution < -0.4 is 10.6 Å². The molecule has 2 aromatic heterocycles. The summed E-state index contributed by atoms with van der Waals surface area (Å²) >= 11 is 0. The van der Waals surface area contributed by atoms with Gasteiger partial charge in [-0.1, -0.05) is 42.5 Å². The number of halogens is 2. The summed E-state index contributed by atoms with van der Waals surface area (Å²) in [5, 5.41) is 12.4. The largest absolute Gasteiger partial charge is 0.383 e. The van der Waals surface area contributed by atoms with Crippen molar-refractivity contribution in [2.75, 3.05) is 32.1 Å². The number of ether oxygens (including phenoxy) is 1. The number of hydrogen-bond donors (Lipinski definition) is 2. The molecule has 4 heterocycles. The van der Waals surface area contributed by atoms with Crippen LogP contribution in [-0.4, -0.2) is 64.9 Å². The fourth-order valence-corrected chi connectivity index (χ4v) is 4.97. The second-order valence-corrected chi connectivity index (χ2v) is 10.1. The lowest BCUT2D eigenvalue weighted by Gasteiger charge is -2.19. The number of nitrogens with zero attached hydrogens (tertiary/aromatic N) is 5. The number of aliphatic imine (C=N–C) groups is 1. The number of hydroxylamine groups is 2. The maximum absolute atomic E-state index is 14.0. The molecule has 2 aliphatic heterocycles. The molecule has 216 valence electrons. The third kappa shape index (κ3) is 5.77. The van der Waals surface area contributed by atoms with Gasteiger partial charge in [0.15, 0.2) is 5.82 Å². The number of anilines is 1. The van der Waals surface area contributed by atoms with Gasteiger partial charge in [0.25, 0.3) is 0 Å². The summed E-state index contributed by atoms with van der Waals surface area (Å²) < 4.78 is 34.4. The molecule has 0 saturated carbocycles. The Labute approximate surface area is 240 Å². The molecular weight excluding hydrogens is 544 g/mol. The number of rotatable bonds is 9. The molecule has 1 fully saturated rings. The number of benzene rings is 2. The Morgan fingerprint density at radius 2 is 1.88 bits per heavy atom. The normalized spacial score (nSPS) is 19.7. The Hall–Kier alpha value is -4.52. The topological polar surface area (TPSA) is 106 Å². The molecule has 2 amide bonds. The summed E-state index contributed by atoms with van der Waals surface area (Å²) in [6.07, 6.45) is 2.31. The van der Waals surface area contributed by atoms with E-state index in [2.05, 4.69) is 20.6 Å². The number of carbonyl (C=O) groups excluding carboxylic acids is 1. The SMILES string of the molecule is COCCN1C[C@@H](NC(=O)Nc2c(C)c(-c3ccc(C4C=N4)cc3)nn2-c2ccccc2)[C@H](c2cnc(F)c(F)c2)O1. The van der Waals surface area contributed by atoms with Crippen LogP contribution in [-0.2, 0) is 9.57 Å². The van der Waals surface area contributed by atoms with Crippen molar-refractivity contribution in [1.29, 1.82) is 0 Å². The van der Waals surface area contributed by atoms with Gasteiger partial charge in [-0.25, -0.2) is 18.9 Å². The van der Waals surface area contributed by atoms with Crippen molar-refractivity contribution in [2.45, 2.75) is 25.1 Å². The van der Waals surface area contributed by atoms with Crippen molar-refractivity contribution in [1.82, 2.24) is 25.1 Å². The number of amides is 2. The van der Waals surface area contributed by atoms with Crippen molar-refractivity contribution in [3.63, 3.8) is 0 Å². The van der Waals surface area contributed by atoms with Gasteiger partial charge in [-0.15, -0.1) is 0 Å². The Morgan fingerprint density at radius 3 is 2.57 bits per heavy atom. The van der Waals surface area contributed by atoms with Crippen LogP contribution in [0.5, 0.6) is 0 Å². The lowest BCUT2D eigenvalue weighted by Crippen LogP contribution is -2.42. The molecule has 6 rings (SSSR count). The summed E-state index contributed by atoms with van der Waals surface area (Å²) in [6, 6.07) is 17.6. The van der Waals surface area contributed by atoms with E-state index < -0.39 is 29.9 Å². The minimum Gasteiger partial charge on any atom is -0.383 e. The Kier molecular flexibility index (Phi) is 7.74. The van der Waals surface area contributed by atoms with Gasteiger partial charge < -0.3 is 10.1 Å². The quantitative estimate of drug-likeness (QED) is 0.280. The van der Waals surface area contributed by atoms with Crippen LogP contribution in [0.3, 0.4) is 0 Å². The number of nitrogens with one attached hydrogen (secondary N) is 2. The number of carbonyl (C=O) groups is 1. The zero-order valence-electron chi connectivity index (χ0n) is 23.0. The molecule has 4 aromatic rings. The third-order valence-electron chi connectivity index (χ3n) is 7.21. The highest BCUT2D eigenvalue weighted by Gasteiger charge is 2.37. The van der Waals surface area contributed by atoms with E-state index in [1.807, 2.05) is 67.7 Å². The Balaban J connectivity index is 1.27. The standard InChI is InChI=1S/C30H29F2N7O3/c1-18-26(20-10-8-19(9-11-20)24-16-33-24)37-39(22-6-4-3-5-7-22)29(18)36-30(40)35-25-17-38(12-13-41-2)42-27(25)21-14-23(31)28(32)34-15-21/h3-11,14-16,24-25,27H,12-13,17H2,1-2H3,(H2,35,36,40)/t24?,25-,27+/m1/s1. The smallest absolute Gasteiger partial charge is 0.320 e. The lowest BCUT2D eigenvalue weighted by molar-refractivity contribution is -0.154. The Morgan fingerprint density at radius 1 is 1.12 bits per heavy atom. The molecule has 0 bridgehead atoms. The molecule has 2 aliphatic rings. The van der Waals surface area contributed by atoms with Gasteiger partial charge in [0.2, 0.25) is 5.95 Å². The summed E-state index contributed by atoms with van der Waals surface area (Å²) in [4.78, 5) is 27.2. The first-order valence-electron chi connectivity index (χ1n) is 13.5. The van der Waals surface area contributed by atoms with E-state index in [0.29, 0.717) is 31.1 Å². The lowest BCUT2D eigenvalue weighted by atomic mass is 10.0. The van der Waals surface area contributed by atoms with E-state index in [1.54, 1.807) is 16.9 Å². The van der Waals surface area contributed by atoms with Crippen LogP contribution in [0.4, 0.5) is 19.4 Å². The average Bonchev–Trinajstić information content (AvgIpc) is 3.71. The predicted octanol–water partition coefficient (Wildman–Crippen LogP) is 4.77. The van der Waals surface area contributed by atoms with Crippen molar-refractivity contribution in [2.24, 2.45) is 4.99 Å². The number of aromatic nitrogens is 3. The second kappa shape index (κ2) is 11.8. The van der Waals surface area contributed by atoms with Crippen LogP contribution in [0, 0.1) is 18.7 Å². The Bertz CT molecular complexity index is 1610. The van der Waals surface area contributed by atoms with Gasteiger partial charge in [0.05, 0.1) is 24.0 Å². The van der Waals surface area contributed by atoms with Gasteiger partial charge in [-0.2, -0.15) is 14.6 Å². The van der Waals surface area contributed by atoms with Crippen molar-refractivity contribution >= 4 is 18.1 Å². The van der Waals surface area contributed by atoms with Crippen LogP contribution in [0.2, 0.25) is 0 Å². The number of para-hydroxylation sites is 1. The molecule has 2 aromatic carbocycles. The number of hydrogen-bond acceptors (Lipinski definition) is 7. The minimum absolute atomic E-state index is 0.152. The predicted molar refractivity (Wildman–Crippen MR) is 152 cm³/mol. The number of pyridine rings is 1. The van der Waals surface area contributed by atoms with E-state index in [1.165, 1.54) is 6.20 Å². The molecule has 0 radical (unpaired) electrons. The fraction of sp³-hybridized carbons (Fsp3) is 0.267. The molecular formula is C30H29F2N7O3. The first-order chi connectivity index (χ1) is 20.4. The molecule has 42 heavy (non-hydrogen) atoms. The van der Waals surface area contributed by atoms with Crippen LogP contribution in [0.15, 0.2) is 71.9 Å². The van der Waals surface area contributed by atoms with E-state index in [4.69, 9.17) is 14.7 Å². The zero-order chi connectivity index (χ0) is 29.2. The van der Waals surface area contributed by atoms with Gasteiger partial charge in [-0.05, 0) is 30.7 Å². The van der Waals surface area contributed by atoms with E-state index >= 15 is 0 Å². The number of urea groups is 1. The molecule has 1 saturated heterocycles. The fourth-order valence-electron chi connectivity index (χ4n) is 4.97. The molecule has 3 atom stereocenters. The van der Waals surface area contributed by atoms with Gasteiger partial charge in [0.1, 0.15) is 18.0 Å². The van der Waals surface area contributed by atoms with Gasteiger partial charge >= 0.3 is 6.03 Å². The molecule has 2 N–H and O–H groups in total. The molecule has 0 aliphatic carbocycles. The zero-order valence-corrected chi connectivity index (χ0v) is 23.0. The van der Waals surface area contributed by atoms with Crippen molar-refractivity contribution in [3.8, 4) is 16.9 Å². The maximum Gasteiger partial charge on any atom is 0.320 e. The third-order valence-corrected chi connectivity index (χ3v) is 7.21. The molecule has 1 unspecified atom stereocenters. The monoisotopic (exact) mass is 573 g/mol. The highest BCUT2D eigenvalue weighted by molar-refractivity contribution is 5.91. The summed E-state index contributed by atoms with van der Waals surface area (Å²) in [5.74, 6) is -1.81. The van der Waals surface area contributed by atoms with Crippen molar-refractivity contribution < 1.29 is 23.1 Å². The molecule has 10 nitrogen and oxygen atoms in total. The summed E-state index contributed by atoms with van der Waals surface area (Å²) in [5.41, 5.74) is 4.57. The van der Waals surface area contributed by atoms with Crippen LogP contribution in [0.25, 0.3) is 16.9 Å². The maximum atomic E-state index is 14.0. The highest BCUT2D eigenvalue weighted by atomic mass is 19.2. The van der Waals surface area contributed by atoms with Gasteiger partial charge in [-0.3, -0.25) is 15.1 Å². The van der Waals surface area contributed by atoms with E-state index in [9.17, 15) is 13.6 Å². The number of methoxy groups -OCH3 is 1. The first-order valence-corrected chi connectivity index (χ1v) is 13.5. The molecule has 0 spiro atoms. The first kappa shape index (κ1) is 27.6. The minimum atomic E-state index is -1.20. The highest BCUT2D eigenvalue weighted by Crippen LogP contribution is 2.33. The van der Waals surface area contributed by atoms with E-state index in [0.717, 1.165) is 34.1 Å². The molecule has 12 heteroatoms. The van der Waals surface area contributed by atoms with Crippen LogP contribution >= 0.6 is 0 Å². The average molecular weight is 574 g/mol. The van der Waals surface area contributed by atoms with E-state index in [-0.39, 0.29) is 6.04 Å². The second-order valence-electron chi connectivity index (χ2n) is 10.1. The van der Waals surface area contributed by atoms with Gasteiger partial charge in [0, 0.05) is 49.3 Å².